The van der Waals surface area contributed by atoms with Gasteiger partial charge in [0.25, 0.3) is 0 Å². The van der Waals surface area contributed by atoms with E-state index in [1.54, 1.807) is 45.6 Å². The first-order valence-corrected chi connectivity index (χ1v) is 11.9. The summed E-state index contributed by atoms with van der Waals surface area (Å²) in [6.45, 7) is 1.64. The zero-order chi connectivity index (χ0) is 26.1. The molecule has 0 saturated carbocycles. The SMILES string of the molecule is COc1cc2c(c(OC)c1OC)-c1ccc(Nc3ccc4c(c3)OCO4)c(=O)cc1[C@@H](NC(C)=O)CC2. The molecule has 3 aromatic carbocycles. The smallest absolute Gasteiger partial charge is 0.231 e. The van der Waals surface area contributed by atoms with Crippen LogP contribution in [0, 0.1) is 0 Å². The molecule has 0 saturated heterocycles. The molecule has 192 valence electrons. The normalized spacial score (nSPS) is 15.1. The summed E-state index contributed by atoms with van der Waals surface area (Å²) in [5.41, 5.74) is 4.06. The second kappa shape index (κ2) is 9.93. The van der Waals surface area contributed by atoms with Crippen LogP contribution in [0.5, 0.6) is 28.7 Å². The van der Waals surface area contributed by atoms with Crippen molar-refractivity contribution in [2.24, 2.45) is 0 Å². The molecule has 3 aromatic rings. The van der Waals surface area contributed by atoms with E-state index in [0.717, 1.165) is 16.7 Å². The molecule has 0 spiro atoms. The van der Waals surface area contributed by atoms with Crippen LogP contribution >= 0.6 is 0 Å². The highest BCUT2D eigenvalue weighted by Gasteiger charge is 2.29. The Bertz CT molecular complexity index is 1440. The molecular formula is C28H28N2O7. The van der Waals surface area contributed by atoms with Gasteiger partial charge in [0.2, 0.25) is 23.9 Å². The minimum absolute atomic E-state index is 0.165. The van der Waals surface area contributed by atoms with Crippen molar-refractivity contribution >= 4 is 17.3 Å². The van der Waals surface area contributed by atoms with Gasteiger partial charge >= 0.3 is 0 Å². The number of hydrogen-bond acceptors (Lipinski definition) is 8. The molecule has 0 radical (unpaired) electrons. The maximum atomic E-state index is 13.5. The third-order valence-corrected chi connectivity index (χ3v) is 6.57. The van der Waals surface area contributed by atoms with E-state index in [2.05, 4.69) is 10.6 Å². The van der Waals surface area contributed by atoms with Crippen LogP contribution in [0.25, 0.3) is 11.1 Å². The van der Waals surface area contributed by atoms with Gasteiger partial charge in [0.05, 0.1) is 33.1 Å². The standard InChI is InChI=1S/C28H28N2O7/c1-15(31)29-20-8-5-16-11-25(33-2)27(34-3)28(35-4)26(16)18-7-9-21(22(32)13-19(18)20)30-17-6-10-23-24(12-17)37-14-36-23/h6-7,9-13,20H,5,8,14H2,1-4H3,(H,29,31)(H,30,32)/t20-/m0/s1. The van der Waals surface area contributed by atoms with Gasteiger partial charge in [-0.15, -0.1) is 0 Å². The summed E-state index contributed by atoms with van der Waals surface area (Å²) in [7, 11) is 4.70. The zero-order valence-corrected chi connectivity index (χ0v) is 21.1. The van der Waals surface area contributed by atoms with E-state index in [0.29, 0.717) is 58.5 Å². The average Bonchev–Trinajstić information content (AvgIpc) is 3.24. The second-order valence-corrected chi connectivity index (χ2v) is 8.79. The highest BCUT2D eigenvalue weighted by atomic mass is 16.7. The molecular weight excluding hydrogens is 476 g/mol. The van der Waals surface area contributed by atoms with Crippen molar-refractivity contribution in [2.45, 2.75) is 25.8 Å². The molecule has 0 aromatic heterocycles. The molecule has 0 bridgehead atoms. The number of rotatable bonds is 6. The fourth-order valence-corrected chi connectivity index (χ4v) is 4.94. The first-order chi connectivity index (χ1) is 17.9. The predicted molar refractivity (Wildman–Crippen MR) is 139 cm³/mol. The number of benzene rings is 2. The fraction of sp³-hybridized carbons (Fsp3) is 0.286. The highest BCUT2D eigenvalue weighted by Crippen LogP contribution is 2.50. The zero-order valence-electron chi connectivity index (χ0n) is 21.1. The van der Waals surface area contributed by atoms with Crippen molar-refractivity contribution < 1.29 is 28.5 Å². The number of carbonyl (C=O) groups is 1. The lowest BCUT2D eigenvalue weighted by molar-refractivity contribution is -0.119. The van der Waals surface area contributed by atoms with E-state index in [1.165, 1.54) is 6.92 Å². The summed E-state index contributed by atoms with van der Waals surface area (Å²) in [5, 5.41) is 6.21. The second-order valence-electron chi connectivity index (χ2n) is 8.79. The molecule has 9 nitrogen and oxygen atoms in total. The van der Waals surface area contributed by atoms with Crippen LogP contribution in [0.3, 0.4) is 0 Å². The van der Waals surface area contributed by atoms with E-state index in [9.17, 15) is 9.59 Å². The van der Waals surface area contributed by atoms with Crippen molar-refractivity contribution in [3.05, 3.63) is 63.8 Å². The molecule has 0 unspecified atom stereocenters. The molecule has 1 aliphatic carbocycles. The van der Waals surface area contributed by atoms with Crippen molar-refractivity contribution in [1.82, 2.24) is 5.32 Å². The molecule has 1 atom stereocenters. The third-order valence-electron chi connectivity index (χ3n) is 6.57. The maximum Gasteiger partial charge on any atom is 0.231 e. The summed E-state index contributed by atoms with van der Waals surface area (Å²) in [6, 6.07) is 12.1. The first-order valence-electron chi connectivity index (χ1n) is 11.9. The Morgan fingerprint density at radius 3 is 2.46 bits per heavy atom. The van der Waals surface area contributed by atoms with Gasteiger partial charge in [-0.1, -0.05) is 6.07 Å². The number of hydrogen-bond donors (Lipinski definition) is 2. The van der Waals surface area contributed by atoms with Crippen LogP contribution in [0.4, 0.5) is 11.4 Å². The maximum absolute atomic E-state index is 13.5. The van der Waals surface area contributed by atoms with Crippen molar-refractivity contribution in [3.8, 4) is 39.9 Å². The molecule has 37 heavy (non-hydrogen) atoms. The summed E-state index contributed by atoms with van der Waals surface area (Å²) in [6.07, 6.45) is 1.22. The Kier molecular flexibility index (Phi) is 6.52. The summed E-state index contributed by atoms with van der Waals surface area (Å²) >= 11 is 0. The van der Waals surface area contributed by atoms with Gasteiger partial charge in [-0.2, -0.15) is 0 Å². The third kappa shape index (κ3) is 4.48. The van der Waals surface area contributed by atoms with Gasteiger partial charge in [-0.25, -0.2) is 0 Å². The lowest BCUT2D eigenvalue weighted by atomic mass is 9.95. The van der Waals surface area contributed by atoms with Crippen LogP contribution in [0.15, 0.2) is 47.3 Å². The van der Waals surface area contributed by atoms with E-state index in [4.69, 9.17) is 23.7 Å². The lowest BCUT2D eigenvalue weighted by Gasteiger charge is -2.19. The van der Waals surface area contributed by atoms with Crippen LogP contribution in [0.2, 0.25) is 0 Å². The number of methoxy groups -OCH3 is 3. The molecule has 1 heterocycles. The number of fused-ring (bicyclic) bond motifs is 4. The number of carbonyl (C=O) groups excluding carboxylic acids is 1. The Morgan fingerprint density at radius 2 is 1.73 bits per heavy atom. The van der Waals surface area contributed by atoms with Crippen LogP contribution in [-0.4, -0.2) is 34.0 Å². The average molecular weight is 505 g/mol. The van der Waals surface area contributed by atoms with E-state index in [-0.39, 0.29) is 24.2 Å². The van der Waals surface area contributed by atoms with Gasteiger partial charge in [0, 0.05) is 24.2 Å². The van der Waals surface area contributed by atoms with Gasteiger partial charge in [0.1, 0.15) is 0 Å². The van der Waals surface area contributed by atoms with Crippen LogP contribution in [-0.2, 0) is 11.2 Å². The number of anilines is 2. The molecule has 9 heteroatoms. The number of aryl methyl sites for hydroxylation is 1. The number of nitrogens with one attached hydrogen (secondary N) is 2. The van der Waals surface area contributed by atoms with Crippen LogP contribution < -0.4 is 39.7 Å². The Balaban J connectivity index is 1.70. The van der Waals surface area contributed by atoms with Gasteiger partial charge < -0.3 is 34.3 Å². The van der Waals surface area contributed by atoms with Crippen molar-refractivity contribution in [3.63, 3.8) is 0 Å². The molecule has 1 aliphatic heterocycles. The van der Waals surface area contributed by atoms with Gasteiger partial charge in [-0.3, -0.25) is 9.59 Å². The minimum Gasteiger partial charge on any atom is -0.493 e. The van der Waals surface area contributed by atoms with Crippen LogP contribution in [0.1, 0.15) is 30.5 Å². The Labute approximate surface area is 214 Å². The molecule has 2 N–H and O–H groups in total. The highest BCUT2D eigenvalue weighted by molar-refractivity contribution is 5.84. The molecule has 2 aliphatic rings. The van der Waals surface area contributed by atoms with E-state index in [1.807, 2.05) is 18.2 Å². The largest absolute Gasteiger partial charge is 0.493 e. The van der Waals surface area contributed by atoms with E-state index >= 15 is 0 Å². The molecule has 5 rings (SSSR count). The van der Waals surface area contributed by atoms with Gasteiger partial charge in [-0.05, 0) is 59.9 Å². The summed E-state index contributed by atoms with van der Waals surface area (Å²) in [4.78, 5) is 25.6. The molecule has 1 amide bonds. The first kappa shape index (κ1) is 24.3. The minimum atomic E-state index is -0.375. The van der Waals surface area contributed by atoms with Crippen molar-refractivity contribution in [1.29, 1.82) is 0 Å². The quantitative estimate of drug-likeness (QED) is 0.511. The van der Waals surface area contributed by atoms with Gasteiger partial charge in [0.15, 0.2) is 23.0 Å². The topological polar surface area (TPSA) is 104 Å². The van der Waals surface area contributed by atoms with Crippen molar-refractivity contribution in [2.75, 3.05) is 33.4 Å². The monoisotopic (exact) mass is 504 g/mol. The Hall–Kier alpha value is -4.40. The van der Waals surface area contributed by atoms with E-state index < -0.39 is 0 Å². The Morgan fingerprint density at radius 1 is 0.946 bits per heavy atom. The number of ether oxygens (including phenoxy) is 5. The summed E-state index contributed by atoms with van der Waals surface area (Å²) in [5.74, 6) is 2.60. The summed E-state index contributed by atoms with van der Waals surface area (Å²) < 4.78 is 27.9. The molecule has 0 fully saturated rings. The number of amides is 1. The fourth-order valence-electron chi connectivity index (χ4n) is 4.94. The lowest BCUT2D eigenvalue weighted by Crippen LogP contribution is -2.26. The predicted octanol–water partition coefficient (Wildman–Crippen LogP) is 4.34.